The van der Waals surface area contributed by atoms with Crippen molar-refractivity contribution in [2.45, 2.75) is 53.4 Å². The van der Waals surface area contributed by atoms with Crippen LogP contribution in [-0.2, 0) is 9.53 Å². The number of esters is 1. The van der Waals surface area contributed by atoms with Crippen molar-refractivity contribution in [2.24, 2.45) is 11.8 Å². The zero-order valence-electron chi connectivity index (χ0n) is 12.2. The Kier molecular flexibility index (Phi) is 9.66. The van der Waals surface area contributed by atoms with Crippen molar-refractivity contribution >= 4 is 5.97 Å². The highest BCUT2D eigenvalue weighted by Gasteiger charge is 2.17. The van der Waals surface area contributed by atoms with Gasteiger partial charge in [-0.2, -0.15) is 0 Å². The molecule has 106 valence electrons. The fourth-order valence-electron chi connectivity index (χ4n) is 1.98. The van der Waals surface area contributed by atoms with Gasteiger partial charge in [-0.05, 0) is 51.4 Å². The molecule has 0 aliphatic heterocycles. The summed E-state index contributed by atoms with van der Waals surface area (Å²) in [6.07, 6.45) is 6.10. The molecule has 0 amide bonds. The lowest BCUT2D eigenvalue weighted by atomic mass is 9.87. The van der Waals surface area contributed by atoms with Crippen LogP contribution in [0.3, 0.4) is 0 Å². The van der Waals surface area contributed by atoms with Crippen LogP contribution < -0.4 is 0 Å². The maximum absolute atomic E-state index is 10.9. The molecule has 0 aromatic carbocycles. The van der Waals surface area contributed by atoms with Crippen molar-refractivity contribution in [3.8, 4) is 0 Å². The van der Waals surface area contributed by atoms with Gasteiger partial charge in [0.25, 0.3) is 0 Å². The molecule has 0 aromatic heterocycles. The molecule has 0 aromatic rings. The third kappa shape index (κ3) is 9.23. The summed E-state index contributed by atoms with van der Waals surface area (Å²) in [5, 5.41) is 8.91. The Morgan fingerprint density at radius 2 is 1.94 bits per heavy atom. The van der Waals surface area contributed by atoms with E-state index < -0.39 is 0 Å². The van der Waals surface area contributed by atoms with Crippen molar-refractivity contribution in [3.63, 3.8) is 0 Å². The minimum Gasteiger partial charge on any atom is -0.466 e. The van der Waals surface area contributed by atoms with Gasteiger partial charge in [0.1, 0.15) is 0 Å². The van der Waals surface area contributed by atoms with Gasteiger partial charge in [0.2, 0.25) is 0 Å². The summed E-state index contributed by atoms with van der Waals surface area (Å²) < 4.78 is 5.11. The predicted molar refractivity (Wildman–Crippen MR) is 74.3 cm³/mol. The summed E-state index contributed by atoms with van der Waals surface area (Å²) in [6.45, 7) is 8.53. The van der Waals surface area contributed by atoms with Gasteiger partial charge >= 0.3 is 5.97 Å². The van der Waals surface area contributed by atoms with Crippen LogP contribution in [0.25, 0.3) is 0 Å². The van der Waals surface area contributed by atoms with Crippen molar-refractivity contribution in [3.05, 3.63) is 11.6 Å². The molecule has 0 heterocycles. The van der Waals surface area contributed by atoms with Gasteiger partial charge in [-0.3, -0.25) is 4.79 Å². The monoisotopic (exact) mass is 256 g/mol. The summed E-state index contributed by atoms with van der Waals surface area (Å²) in [6, 6.07) is 0. The summed E-state index contributed by atoms with van der Waals surface area (Å²) in [5.74, 6) is 0.638. The Labute approximate surface area is 111 Å². The van der Waals surface area contributed by atoms with E-state index in [0.29, 0.717) is 18.4 Å². The zero-order valence-corrected chi connectivity index (χ0v) is 12.2. The van der Waals surface area contributed by atoms with Crippen molar-refractivity contribution in [1.29, 1.82) is 0 Å². The summed E-state index contributed by atoms with van der Waals surface area (Å²) in [5.41, 5.74) is 1.34. The Morgan fingerprint density at radius 3 is 2.44 bits per heavy atom. The van der Waals surface area contributed by atoms with Gasteiger partial charge in [-0.1, -0.05) is 18.6 Å². The summed E-state index contributed by atoms with van der Waals surface area (Å²) in [4.78, 5) is 10.9. The first-order valence-electron chi connectivity index (χ1n) is 6.85. The molecule has 2 atom stereocenters. The number of carbonyl (C=O) groups is 1. The quantitative estimate of drug-likeness (QED) is 0.508. The maximum Gasteiger partial charge on any atom is 0.302 e. The van der Waals surface area contributed by atoms with Crippen LogP contribution in [0.15, 0.2) is 11.6 Å². The third-order valence-corrected chi connectivity index (χ3v) is 3.21. The van der Waals surface area contributed by atoms with E-state index >= 15 is 0 Å². The second-order valence-corrected chi connectivity index (χ2v) is 5.26. The maximum atomic E-state index is 10.9. The number of hydrogen-bond acceptors (Lipinski definition) is 3. The highest BCUT2D eigenvalue weighted by Crippen LogP contribution is 2.23. The van der Waals surface area contributed by atoms with Crippen LogP contribution in [0.4, 0.5) is 0 Å². The van der Waals surface area contributed by atoms with E-state index in [1.165, 1.54) is 12.5 Å². The van der Waals surface area contributed by atoms with Crippen LogP contribution in [0.5, 0.6) is 0 Å². The Morgan fingerprint density at radius 1 is 1.28 bits per heavy atom. The van der Waals surface area contributed by atoms with E-state index in [4.69, 9.17) is 9.84 Å². The molecule has 1 N–H and O–H groups in total. The number of allylic oxidation sites excluding steroid dienone is 2. The van der Waals surface area contributed by atoms with E-state index in [1.54, 1.807) is 0 Å². The van der Waals surface area contributed by atoms with Crippen LogP contribution in [0, 0.1) is 11.8 Å². The summed E-state index contributed by atoms with van der Waals surface area (Å²) >= 11 is 0. The van der Waals surface area contributed by atoms with Crippen LogP contribution in [0.2, 0.25) is 0 Å². The minimum absolute atomic E-state index is 0.206. The smallest absolute Gasteiger partial charge is 0.302 e. The SMILES string of the molecule is CC(=O)OC[C@@H](CCCO)[C@@H](C)CCC=C(C)C. The minimum atomic E-state index is -0.222. The van der Waals surface area contributed by atoms with Crippen molar-refractivity contribution in [2.75, 3.05) is 13.2 Å². The average Bonchev–Trinajstić information content (AvgIpc) is 2.28. The molecule has 0 aliphatic carbocycles. The number of rotatable bonds is 9. The van der Waals surface area contributed by atoms with E-state index in [2.05, 4.69) is 26.8 Å². The highest BCUT2D eigenvalue weighted by molar-refractivity contribution is 5.65. The van der Waals surface area contributed by atoms with Gasteiger partial charge in [-0.15, -0.1) is 0 Å². The molecule has 0 fully saturated rings. The highest BCUT2D eigenvalue weighted by atomic mass is 16.5. The van der Waals surface area contributed by atoms with Crippen LogP contribution in [0.1, 0.15) is 53.4 Å². The first-order chi connectivity index (χ1) is 8.47. The molecule has 0 spiro atoms. The van der Waals surface area contributed by atoms with E-state index in [1.807, 2.05) is 0 Å². The van der Waals surface area contributed by atoms with Gasteiger partial charge in [0, 0.05) is 13.5 Å². The fourth-order valence-corrected chi connectivity index (χ4v) is 1.98. The van der Waals surface area contributed by atoms with Crippen LogP contribution in [-0.4, -0.2) is 24.3 Å². The van der Waals surface area contributed by atoms with Gasteiger partial charge in [-0.25, -0.2) is 0 Å². The Bertz CT molecular complexity index is 254. The van der Waals surface area contributed by atoms with Crippen molar-refractivity contribution < 1.29 is 14.6 Å². The van der Waals surface area contributed by atoms with Crippen molar-refractivity contribution in [1.82, 2.24) is 0 Å². The largest absolute Gasteiger partial charge is 0.466 e. The lowest BCUT2D eigenvalue weighted by Crippen LogP contribution is -2.20. The molecule has 18 heavy (non-hydrogen) atoms. The van der Waals surface area contributed by atoms with E-state index in [0.717, 1.165) is 25.7 Å². The molecule has 0 radical (unpaired) electrons. The molecule has 0 unspecified atom stereocenters. The number of aliphatic hydroxyl groups is 1. The molecule has 3 nitrogen and oxygen atoms in total. The number of ether oxygens (including phenoxy) is 1. The summed E-state index contributed by atoms with van der Waals surface area (Å²) in [7, 11) is 0. The normalized spacial score (nSPS) is 13.8. The van der Waals surface area contributed by atoms with E-state index in [-0.39, 0.29) is 12.6 Å². The molecule has 0 bridgehead atoms. The zero-order chi connectivity index (χ0) is 14.0. The topological polar surface area (TPSA) is 46.5 Å². The number of hydrogen-bond donors (Lipinski definition) is 1. The van der Waals surface area contributed by atoms with Gasteiger partial charge < -0.3 is 9.84 Å². The van der Waals surface area contributed by atoms with Crippen LogP contribution >= 0.6 is 0 Å². The number of aliphatic hydroxyl groups excluding tert-OH is 1. The first-order valence-corrected chi connectivity index (χ1v) is 6.85. The molecule has 3 heteroatoms. The standard InChI is InChI=1S/C15H28O3/c1-12(2)7-5-8-13(3)15(9-6-10-16)11-18-14(4)17/h7,13,15-16H,5-6,8-11H2,1-4H3/t13-,15+/m0/s1. The molecule has 0 rings (SSSR count). The average molecular weight is 256 g/mol. The second kappa shape index (κ2) is 10.1. The molecular formula is C15H28O3. The fraction of sp³-hybridized carbons (Fsp3) is 0.800. The van der Waals surface area contributed by atoms with Gasteiger partial charge in [0.15, 0.2) is 0 Å². The number of carbonyl (C=O) groups excluding carboxylic acids is 1. The third-order valence-electron chi connectivity index (χ3n) is 3.21. The predicted octanol–water partition coefficient (Wildman–Crippen LogP) is 3.32. The Balaban J connectivity index is 4.16. The molecular weight excluding hydrogens is 228 g/mol. The lowest BCUT2D eigenvalue weighted by molar-refractivity contribution is -0.143. The van der Waals surface area contributed by atoms with Gasteiger partial charge in [0.05, 0.1) is 6.61 Å². The Hall–Kier alpha value is -0.830. The molecule has 0 aliphatic rings. The van der Waals surface area contributed by atoms with E-state index in [9.17, 15) is 4.79 Å². The first kappa shape index (κ1) is 17.2. The molecule has 0 saturated carbocycles. The molecule has 0 saturated heterocycles. The second-order valence-electron chi connectivity index (χ2n) is 5.26. The lowest BCUT2D eigenvalue weighted by Gasteiger charge is -2.23.